The summed E-state index contributed by atoms with van der Waals surface area (Å²) in [5.41, 5.74) is 0. The van der Waals surface area contributed by atoms with Crippen LogP contribution in [0, 0.1) is 6.92 Å². The Kier molecular flexibility index (Phi) is 1.25. The molecular formula is C7H7N3O. The quantitative estimate of drug-likeness (QED) is 0.611. The molecule has 0 fully saturated rings. The van der Waals surface area contributed by atoms with Crippen molar-refractivity contribution in [1.29, 1.82) is 0 Å². The van der Waals surface area contributed by atoms with Crippen LogP contribution in [0.5, 0.6) is 0 Å². The van der Waals surface area contributed by atoms with Crippen molar-refractivity contribution >= 4 is 0 Å². The third-order valence-electron chi connectivity index (χ3n) is 1.37. The fraction of sp³-hybridized carbons (Fsp3) is 0.143. The predicted octanol–water partition coefficient (Wildman–Crippen LogP) is 1.17. The number of furan rings is 1. The molecule has 0 aliphatic heterocycles. The highest BCUT2D eigenvalue weighted by Crippen LogP contribution is 2.09. The first-order chi connectivity index (χ1) is 5.36. The number of hydrogen-bond acceptors (Lipinski definition) is 3. The Labute approximate surface area is 63.5 Å². The van der Waals surface area contributed by atoms with Crippen LogP contribution < -0.4 is 0 Å². The van der Waals surface area contributed by atoms with E-state index in [1.165, 1.54) is 6.33 Å². The van der Waals surface area contributed by atoms with Crippen LogP contribution in [-0.4, -0.2) is 14.8 Å². The zero-order valence-electron chi connectivity index (χ0n) is 6.06. The lowest BCUT2D eigenvalue weighted by Crippen LogP contribution is -1.90. The molecule has 0 atom stereocenters. The molecule has 0 spiro atoms. The smallest absolute Gasteiger partial charge is 0.221 e. The summed E-state index contributed by atoms with van der Waals surface area (Å²) in [5.74, 6) is 1.57. The minimum Gasteiger partial charge on any atom is -0.444 e. The van der Waals surface area contributed by atoms with Crippen LogP contribution in [0.2, 0.25) is 0 Å². The summed E-state index contributed by atoms with van der Waals surface area (Å²) >= 11 is 0. The molecule has 0 aliphatic rings. The van der Waals surface area contributed by atoms with Gasteiger partial charge in [0.15, 0.2) is 0 Å². The second kappa shape index (κ2) is 2.23. The summed E-state index contributed by atoms with van der Waals surface area (Å²) in [6.07, 6.45) is 3.07. The monoisotopic (exact) mass is 149 g/mol. The third kappa shape index (κ3) is 1.02. The minimum absolute atomic E-state index is 0.694. The van der Waals surface area contributed by atoms with Crippen LogP contribution in [0.3, 0.4) is 0 Å². The molecule has 4 nitrogen and oxygen atoms in total. The average Bonchev–Trinajstić information content (AvgIpc) is 2.55. The third-order valence-corrected chi connectivity index (χ3v) is 1.37. The van der Waals surface area contributed by atoms with Crippen LogP contribution in [0.4, 0.5) is 0 Å². The van der Waals surface area contributed by atoms with Gasteiger partial charge >= 0.3 is 0 Å². The van der Waals surface area contributed by atoms with Crippen molar-refractivity contribution in [2.45, 2.75) is 6.92 Å². The number of aromatic nitrogens is 3. The highest BCUT2D eigenvalue weighted by Gasteiger charge is 1.99. The topological polar surface area (TPSA) is 43.9 Å². The molecule has 4 heteroatoms. The first-order valence-corrected chi connectivity index (χ1v) is 3.28. The molecule has 2 aromatic rings. The Morgan fingerprint density at radius 2 is 2.36 bits per heavy atom. The van der Waals surface area contributed by atoms with Gasteiger partial charge in [0.05, 0.1) is 0 Å². The molecule has 0 saturated heterocycles. The maximum atomic E-state index is 5.29. The summed E-state index contributed by atoms with van der Waals surface area (Å²) < 4.78 is 6.86. The fourth-order valence-corrected chi connectivity index (χ4v) is 0.867. The Hall–Kier alpha value is -1.58. The Balaban J connectivity index is 2.45. The van der Waals surface area contributed by atoms with Gasteiger partial charge < -0.3 is 4.42 Å². The van der Waals surface area contributed by atoms with Crippen molar-refractivity contribution in [3.8, 4) is 5.88 Å². The van der Waals surface area contributed by atoms with E-state index in [2.05, 4.69) is 10.1 Å². The highest BCUT2D eigenvalue weighted by atomic mass is 16.4. The van der Waals surface area contributed by atoms with Crippen LogP contribution in [-0.2, 0) is 0 Å². The summed E-state index contributed by atoms with van der Waals surface area (Å²) in [4.78, 5) is 3.80. The van der Waals surface area contributed by atoms with Gasteiger partial charge in [-0.05, 0) is 13.0 Å². The van der Waals surface area contributed by atoms with Crippen LogP contribution in [0.1, 0.15) is 5.76 Å². The van der Waals surface area contributed by atoms with E-state index in [9.17, 15) is 0 Å². The SMILES string of the molecule is Cc1ccc(-n2cncn2)o1. The standard InChI is InChI=1S/C7H7N3O/c1-6-2-3-7(11-6)10-5-8-4-9-10/h2-5H,1H3. The molecule has 0 radical (unpaired) electrons. The molecule has 11 heavy (non-hydrogen) atoms. The maximum absolute atomic E-state index is 5.29. The fourth-order valence-electron chi connectivity index (χ4n) is 0.867. The van der Waals surface area contributed by atoms with Crippen molar-refractivity contribution in [2.75, 3.05) is 0 Å². The number of aryl methyl sites for hydroxylation is 1. The van der Waals surface area contributed by atoms with Gasteiger partial charge in [0.2, 0.25) is 5.88 Å². The molecule has 2 rings (SSSR count). The lowest BCUT2D eigenvalue weighted by Gasteiger charge is -1.90. The zero-order chi connectivity index (χ0) is 7.68. The predicted molar refractivity (Wildman–Crippen MR) is 38.4 cm³/mol. The van der Waals surface area contributed by atoms with Crippen molar-refractivity contribution in [3.05, 3.63) is 30.5 Å². The second-order valence-electron chi connectivity index (χ2n) is 2.22. The molecule has 0 N–H and O–H groups in total. The summed E-state index contributed by atoms with van der Waals surface area (Å²) in [7, 11) is 0. The van der Waals surface area contributed by atoms with E-state index in [-0.39, 0.29) is 0 Å². The molecule has 2 heterocycles. The van der Waals surface area contributed by atoms with Gasteiger partial charge in [-0.3, -0.25) is 0 Å². The molecule has 0 aromatic carbocycles. The Morgan fingerprint density at radius 1 is 1.45 bits per heavy atom. The zero-order valence-corrected chi connectivity index (χ0v) is 6.06. The summed E-state index contributed by atoms with van der Waals surface area (Å²) in [6.45, 7) is 1.89. The number of rotatable bonds is 1. The average molecular weight is 149 g/mol. The van der Waals surface area contributed by atoms with Gasteiger partial charge in [-0.2, -0.15) is 9.78 Å². The van der Waals surface area contributed by atoms with Crippen molar-refractivity contribution < 1.29 is 4.42 Å². The van der Waals surface area contributed by atoms with Gasteiger partial charge in [-0.15, -0.1) is 0 Å². The Bertz CT molecular complexity index is 336. The van der Waals surface area contributed by atoms with Gasteiger partial charge in [0.25, 0.3) is 0 Å². The molecule has 0 amide bonds. The van der Waals surface area contributed by atoms with Gasteiger partial charge in [0, 0.05) is 6.07 Å². The van der Waals surface area contributed by atoms with E-state index < -0.39 is 0 Å². The van der Waals surface area contributed by atoms with E-state index >= 15 is 0 Å². The Morgan fingerprint density at radius 3 is 2.91 bits per heavy atom. The van der Waals surface area contributed by atoms with Crippen LogP contribution in [0.25, 0.3) is 5.88 Å². The van der Waals surface area contributed by atoms with Crippen molar-refractivity contribution in [1.82, 2.24) is 14.8 Å². The van der Waals surface area contributed by atoms with Gasteiger partial charge in [0.1, 0.15) is 18.4 Å². The molecule has 0 aliphatic carbocycles. The molecule has 0 bridgehead atoms. The van der Waals surface area contributed by atoms with Crippen LogP contribution >= 0.6 is 0 Å². The van der Waals surface area contributed by atoms with E-state index in [0.717, 1.165) is 5.76 Å². The lowest BCUT2D eigenvalue weighted by atomic mass is 10.5. The van der Waals surface area contributed by atoms with Gasteiger partial charge in [-0.1, -0.05) is 0 Å². The molecule has 2 aromatic heterocycles. The highest BCUT2D eigenvalue weighted by molar-refractivity contribution is 5.18. The van der Waals surface area contributed by atoms with E-state index in [1.807, 2.05) is 19.1 Å². The number of nitrogens with zero attached hydrogens (tertiary/aromatic N) is 3. The molecular weight excluding hydrogens is 142 g/mol. The van der Waals surface area contributed by atoms with E-state index in [0.29, 0.717) is 5.88 Å². The number of hydrogen-bond donors (Lipinski definition) is 0. The van der Waals surface area contributed by atoms with Gasteiger partial charge in [-0.25, -0.2) is 4.98 Å². The summed E-state index contributed by atoms with van der Waals surface area (Å²) in [5, 5.41) is 3.91. The van der Waals surface area contributed by atoms with Crippen LogP contribution in [0.15, 0.2) is 29.2 Å². The second-order valence-corrected chi connectivity index (χ2v) is 2.22. The van der Waals surface area contributed by atoms with Crippen molar-refractivity contribution in [2.24, 2.45) is 0 Å². The minimum atomic E-state index is 0.694. The van der Waals surface area contributed by atoms with E-state index in [4.69, 9.17) is 4.42 Å². The van der Waals surface area contributed by atoms with E-state index in [1.54, 1.807) is 11.0 Å². The molecule has 56 valence electrons. The largest absolute Gasteiger partial charge is 0.444 e. The molecule has 0 saturated carbocycles. The normalized spacial score (nSPS) is 10.3. The summed E-state index contributed by atoms with van der Waals surface area (Å²) in [6, 6.07) is 3.74. The lowest BCUT2D eigenvalue weighted by molar-refractivity contribution is 0.496. The molecule has 0 unspecified atom stereocenters. The first kappa shape index (κ1) is 6.15. The maximum Gasteiger partial charge on any atom is 0.221 e. The van der Waals surface area contributed by atoms with Crippen molar-refractivity contribution in [3.63, 3.8) is 0 Å². The first-order valence-electron chi connectivity index (χ1n) is 3.28.